The highest BCUT2D eigenvalue weighted by Gasteiger charge is 2.07. The van der Waals surface area contributed by atoms with Crippen molar-refractivity contribution in [1.82, 2.24) is 0 Å². The van der Waals surface area contributed by atoms with E-state index in [2.05, 4.69) is 52.3 Å². The molecule has 0 aliphatic carbocycles. The van der Waals surface area contributed by atoms with Crippen LogP contribution in [0.5, 0.6) is 0 Å². The first kappa shape index (κ1) is 19.7. The van der Waals surface area contributed by atoms with Crippen LogP contribution in [0.3, 0.4) is 0 Å². The highest BCUT2D eigenvalue weighted by atomic mass is 79.9. The summed E-state index contributed by atoms with van der Waals surface area (Å²) in [5.74, 6) is 0.343. The van der Waals surface area contributed by atoms with Crippen LogP contribution in [0.2, 0.25) is 0 Å². The van der Waals surface area contributed by atoms with Crippen molar-refractivity contribution in [3.63, 3.8) is 0 Å². The molecule has 0 bridgehead atoms. The lowest BCUT2D eigenvalue weighted by atomic mass is 9.97. The first-order valence-corrected chi connectivity index (χ1v) is 9.76. The van der Waals surface area contributed by atoms with E-state index in [9.17, 15) is 4.79 Å². The SMILES string of the molecule is CCOC(=O)C=C(CCCCCl)c1ccc(-c2ccc(Br)cc2)cc1. The van der Waals surface area contributed by atoms with Gasteiger partial charge in [-0.1, -0.05) is 52.3 Å². The molecule has 0 aliphatic heterocycles. The Bertz CT molecular complexity index is 706. The Morgan fingerprint density at radius 2 is 1.64 bits per heavy atom. The molecule has 2 aromatic rings. The smallest absolute Gasteiger partial charge is 0.331 e. The van der Waals surface area contributed by atoms with Crippen LogP contribution in [0, 0.1) is 0 Å². The van der Waals surface area contributed by atoms with Gasteiger partial charge in [0.25, 0.3) is 0 Å². The van der Waals surface area contributed by atoms with E-state index < -0.39 is 0 Å². The number of allylic oxidation sites excluding steroid dienone is 1. The third kappa shape index (κ3) is 6.33. The molecule has 0 saturated heterocycles. The van der Waals surface area contributed by atoms with E-state index in [1.807, 2.05) is 19.1 Å². The summed E-state index contributed by atoms with van der Waals surface area (Å²) >= 11 is 9.23. The van der Waals surface area contributed by atoms with Gasteiger partial charge in [0.2, 0.25) is 0 Å². The molecule has 2 rings (SSSR count). The van der Waals surface area contributed by atoms with Crippen LogP contribution in [0.15, 0.2) is 59.1 Å². The minimum Gasteiger partial charge on any atom is -0.463 e. The number of rotatable bonds is 8. The maximum atomic E-state index is 11.9. The largest absolute Gasteiger partial charge is 0.463 e. The normalized spacial score (nSPS) is 11.4. The maximum Gasteiger partial charge on any atom is 0.331 e. The van der Waals surface area contributed by atoms with Gasteiger partial charge in [-0.2, -0.15) is 0 Å². The molecule has 0 fully saturated rings. The lowest BCUT2D eigenvalue weighted by Crippen LogP contribution is -2.01. The molecular weight excluding hydrogens is 400 g/mol. The second kappa shape index (κ2) is 10.4. The number of halogens is 2. The molecule has 0 heterocycles. The van der Waals surface area contributed by atoms with Crippen molar-refractivity contribution in [2.45, 2.75) is 26.2 Å². The van der Waals surface area contributed by atoms with Crippen molar-refractivity contribution in [2.75, 3.05) is 12.5 Å². The van der Waals surface area contributed by atoms with Gasteiger partial charge < -0.3 is 4.74 Å². The predicted molar refractivity (Wildman–Crippen MR) is 109 cm³/mol. The van der Waals surface area contributed by atoms with Crippen molar-refractivity contribution in [3.05, 3.63) is 64.6 Å². The summed E-state index contributed by atoms with van der Waals surface area (Å²) in [4.78, 5) is 11.9. The molecular formula is C21H22BrClO2. The molecule has 2 aromatic carbocycles. The van der Waals surface area contributed by atoms with Crippen molar-refractivity contribution >= 4 is 39.1 Å². The van der Waals surface area contributed by atoms with E-state index >= 15 is 0 Å². The average molecular weight is 422 g/mol. The summed E-state index contributed by atoms with van der Waals surface area (Å²) in [6.07, 6.45) is 4.29. The number of benzene rings is 2. The summed E-state index contributed by atoms with van der Waals surface area (Å²) in [5.41, 5.74) is 4.34. The lowest BCUT2D eigenvalue weighted by Gasteiger charge is -2.09. The molecule has 0 spiro atoms. The van der Waals surface area contributed by atoms with Gasteiger partial charge in [-0.25, -0.2) is 4.79 Å². The number of unbranched alkanes of at least 4 members (excludes halogenated alkanes) is 1. The molecule has 0 amide bonds. The number of alkyl halides is 1. The molecule has 0 atom stereocenters. The van der Waals surface area contributed by atoms with Crippen LogP contribution in [0.4, 0.5) is 0 Å². The number of carbonyl (C=O) groups is 1. The van der Waals surface area contributed by atoms with Gasteiger partial charge in [-0.05, 0) is 60.6 Å². The Balaban J connectivity index is 2.21. The summed E-state index contributed by atoms with van der Waals surface area (Å²) in [6, 6.07) is 16.5. The van der Waals surface area contributed by atoms with Crippen molar-refractivity contribution in [1.29, 1.82) is 0 Å². The second-order valence-electron chi connectivity index (χ2n) is 5.65. The van der Waals surface area contributed by atoms with Crippen molar-refractivity contribution in [2.24, 2.45) is 0 Å². The molecule has 0 aliphatic rings. The zero-order valence-electron chi connectivity index (χ0n) is 14.3. The number of hydrogen-bond acceptors (Lipinski definition) is 2. The zero-order chi connectivity index (χ0) is 18.1. The van der Waals surface area contributed by atoms with Gasteiger partial charge >= 0.3 is 5.97 Å². The summed E-state index contributed by atoms with van der Waals surface area (Å²) in [7, 11) is 0. The Kier molecular flexibility index (Phi) is 8.23. The van der Waals surface area contributed by atoms with Gasteiger partial charge in [0.05, 0.1) is 6.61 Å². The van der Waals surface area contributed by atoms with Crippen LogP contribution in [0.1, 0.15) is 31.7 Å². The number of carbonyl (C=O) groups excluding carboxylic acids is 1. The number of hydrogen-bond donors (Lipinski definition) is 0. The van der Waals surface area contributed by atoms with Gasteiger partial charge in [-0.15, -0.1) is 11.6 Å². The lowest BCUT2D eigenvalue weighted by molar-refractivity contribution is -0.137. The Morgan fingerprint density at radius 3 is 2.20 bits per heavy atom. The van der Waals surface area contributed by atoms with Gasteiger partial charge in [0.15, 0.2) is 0 Å². The minimum absolute atomic E-state index is 0.291. The third-order valence-corrected chi connectivity index (χ3v) is 4.64. The molecule has 0 unspecified atom stereocenters. The molecule has 2 nitrogen and oxygen atoms in total. The van der Waals surface area contributed by atoms with Gasteiger partial charge in [0.1, 0.15) is 0 Å². The summed E-state index contributed by atoms with van der Waals surface area (Å²) in [5, 5.41) is 0. The highest BCUT2D eigenvalue weighted by Crippen LogP contribution is 2.26. The Morgan fingerprint density at radius 1 is 1.04 bits per heavy atom. The maximum absolute atomic E-state index is 11.9. The fourth-order valence-electron chi connectivity index (χ4n) is 2.56. The van der Waals surface area contributed by atoms with E-state index in [0.717, 1.165) is 46.0 Å². The molecule has 0 N–H and O–H groups in total. The number of esters is 1. The predicted octanol–water partition coefficient (Wildman–Crippen LogP) is 6.47. The van der Waals surface area contributed by atoms with Crippen molar-refractivity contribution in [3.8, 4) is 11.1 Å². The Hall–Kier alpha value is -1.58. The monoisotopic (exact) mass is 420 g/mol. The van der Waals surface area contributed by atoms with E-state index in [1.54, 1.807) is 6.08 Å². The Labute approximate surface area is 163 Å². The van der Waals surface area contributed by atoms with E-state index in [-0.39, 0.29) is 5.97 Å². The topological polar surface area (TPSA) is 26.3 Å². The van der Waals surface area contributed by atoms with Crippen LogP contribution in [-0.2, 0) is 9.53 Å². The fraction of sp³-hybridized carbons (Fsp3) is 0.286. The zero-order valence-corrected chi connectivity index (χ0v) is 16.6. The molecule has 0 saturated carbocycles. The van der Waals surface area contributed by atoms with Gasteiger partial charge in [-0.3, -0.25) is 0 Å². The number of ether oxygens (including phenoxy) is 1. The highest BCUT2D eigenvalue weighted by molar-refractivity contribution is 9.10. The first-order chi connectivity index (χ1) is 12.1. The summed E-state index contributed by atoms with van der Waals surface area (Å²) in [6.45, 7) is 2.19. The third-order valence-electron chi connectivity index (χ3n) is 3.84. The fourth-order valence-corrected chi connectivity index (χ4v) is 3.01. The summed E-state index contributed by atoms with van der Waals surface area (Å²) < 4.78 is 6.12. The van der Waals surface area contributed by atoms with E-state index in [4.69, 9.17) is 16.3 Å². The minimum atomic E-state index is -0.291. The van der Waals surface area contributed by atoms with E-state index in [0.29, 0.717) is 12.5 Å². The molecule has 0 radical (unpaired) electrons. The van der Waals surface area contributed by atoms with Crippen LogP contribution < -0.4 is 0 Å². The molecule has 4 heteroatoms. The molecule has 25 heavy (non-hydrogen) atoms. The van der Waals surface area contributed by atoms with Crippen LogP contribution in [0.25, 0.3) is 16.7 Å². The second-order valence-corrected chi connectivity index (χ2v) is 6.95. The van der Waals surface area contributed by atoms with Crippen LogP contribution in [-0.4, -0.2) is 18.5 Å². The van der Waals surface area contributed by atoms with Crippen LogP contribution >= 0.6 is 27.5 Å². The first-order valence-electron chi connectivity index (χ1n) is 8.43. The molecule has 0 aromatic heterocycles. The molecule has 132 valence electrons. The van der Waals surface area contributed by atoms with Crippen molar-refractivity contribution < 1.29 is 9.53 Å². The van der Waals surface area contributed by atoms with Gasteiger partial charge in [0, 0.05) is 16.4 Å². The average Bonchev–Trinajstić information content (AvgIpc) is 2.62. The quantitative estimate of drug-likeness (QED) is 0.211. The standard InChI is InChI=1S/C21H22BrClO2/c1-2-25-21(24)15-19(5-3-4-14-23)18-8-6-16(7-9-18)17-10-12-20(22)13-11-17/h6-13,15H,2-5,14H2,1H3. The van der Waals surface area contributed by atoms with E-state index in [1.165, 1.54) is 0 Å².